The molecule has 0 atom stereocenters. The molecular weight excluding hydrogens is 203 g/mol. The smallest absolute Gasteiger partial charge is 0.294 e. The molecular formula is C6H8N2NaO3S. The SMILES string of the molecule is NNc1ccc(S(=O)(=O)O)cc1.[Na]. The predicted octanol–water partition coefficient (Wildman–Crippen LogP) is -0.162. The minimum absolute atomic E-state index is 0. The van der Waals surface area contributed by atoms with Gasteiger partial charge in [-0.3, -0.25) is 10.4 Å². The molecule has 67 valence electrons. The summed E-state index contributed by atoms with van der Waals surface area (Å²) in [6.07, 6.45) is 0. The van der Waals surface area contributed by atoms with Crippen LogP contribution in [0.4, 0.5) is 5.69 Å². The molecule has 0 aliphatic heterocycles. The zero-order valence-corrected chi connectivity index (χ0v) is 9.88. The van der Waals surface area contributed by atoms with Crippen LogP contribution in [-0.2, 0) is 10.1 Å². The first-order valence-electron chi connectivity index (χ1n) is 3.08. The van der Waals surface area contributed by atoms with Crippen molar-refractivity contribution in [3.05, 3.63) is 24.3 Å². The van der Waals surface area contributed by atoms with E-state index in [9.17, 15) is 8.42 Å². The summed E-state index contributed by atoms with van der Waals surface area (Å²) < 4.78 is 29.6. The molecule has 0 aliphatic rings. The van der Waals surface area contributed by atoms with Gasteiger partial charge in [0.15, 0.2) is 0 Å². The van der Waals surface area contributed by atoms with E-state index in [1.807, 2.05) is 0 Å². The first-order chi connectivity index (χ1) is 5.54. The molecule has 1 rings (SSSR count). The summed E-state index contributed by atoms with van der Waals surface area (Å²) >= 11 is 0. The van der Waals surface area contributed by atoms with Gasteiger partial charge in [-0.15, -0.1) is 0 Å². The Kier molecular flexibility index (Phi) is 4.90. The maximum absolute atomic E-state index is 10.5. The van der Waals surface area contributed by atoms with Gasteiger partial charge < -0.3 is 5.43 Å². The number of nitrogens with two attached hydrogens (primary N) is 1. The van der Waals surface area contributed by atoms with Gasteiger partial charge in [-0.2, -0.15) is 8.42 Å². The van der Waals surface area contributed by atoms with Gasteiger partial charge in [0.25, 0.3) is 10.1 Å². The molecule has 1 radical (unpaired) electrons. The standard InChI is InChI=1S/C6H8N2O3S.Na/c7-8-5-1-3-6(4-2-5)12(9,10)11;/h1-4,8H,7H2,(H,9,10,11);. The summed E-state index contributed by atoms with van der Waals surface area (Å²) in [5.74, 6) is 5.05. The molecule has 0 saturated heterocycles. The van der Waals surface area contributed by atoms with Crippen LogP contribution in [-0.4, -0.2) is 42.5 Å². The molecule has 1 aromatic rings. The number of hydrazine groups is 1. The number of rotatable bonds is 2. The molecule has 0 aromatic heterocycles. The minimum Gasteiger partial charge on any atom is -0.324 e. The van der Waals surface area contributed by atoms with Gasteiger partial charge >= 0.3 is 0 Å². The summed E-state index contributed by atoms with van der Waals surface area (Å²) in [5, 5.41) is 0. The fraction of sp³-hybridized carbons (Fsp3) is 0. The summed E-state index contributed by atoms with van der Waals surface area (Å²) in [7, 11) is -4.10. The van der Waals surface area contributed by atoms with Crippen LogP contribution in [0.5, 0.6) is 0 Å². The molecule has 0 amide bonds. The van der Waals surface area contributed by atoms with Crippen molar-refractivity contribution in [2.45, 2.75) is 4.90 Å². The van der Waals surface area contributed by atoms with Gasteiger partial charge in [-0.25, -0.2) is 0 Å². The third kappa shape index (κ3) is 3.63. The van der Waals surface area contributed by atoms with E-state index in [-0.39, 0.29) is 34.5 Å². The number of benzene rings is 1. The van der Waals surface area contributed by atoms with E-state index in [1.54, 1.807) is 0 Å². The zero-order chi connectivity index (χ0) is 9.19. The van der Waals surface area contributed by atoms with Gasteiger partial charge in [0.1, 0.15) is 0 Å². The van der Waals surface area contributed by atoms with Gasteiger partial charge in [-0.1, -0.05) is 0 Å². The summed E-state index contributed by atoms with van der Waals surface area (Å²) in [6, 6.07) is 5.40. The van der Waals surface area contributed by atoms with E-state index in [2.05, 4.69) is 5.43 Å². The third-order valence-corrected chi connectivity index (χ3v) is 2.19. The summed E-state index contributed by atoms with van der Waals surface area (Å²) in [4.78, 5) is -0.151. The normalized spacial score (nSPS) is 10.3. The number of nitrogen functional groups attached to an aromatic ring is 1. The molecule has 4 N–H and O–H groups in total. The van der Waals surface area contributed by atoms with Gasteiger partial charge in [0.2, 0.25) is 0 Å². The Bertz CT molecular complexity index is 362. The maximum atomic E-state index is 10.5. The van der Waals surface area contributed by atoms with Crippen LogP contribution in [0.1, 0.15) is 0 Å². The summed E-state index contributed by atoms with van der Waals surface area (Å²) in [5.41, 5.74) is 2.90. The molecule has 1 aromatic carbocycles. The Morgan fingerprint density at radius 2 is 1.69 bits per heavy atom. The van der Waals surface area contributed by atoms with Crippen LogP contribution >= 0.6 is 0 Å². The third-order valence-electron chi connectivity index (χ3n) is 1.32. The van der Waals surface area contributed by atoms with Crippen molar-refractivity contribution in [1.82, 2.24) is 0 Å². The van der Waals surface area contributed by atoms with Crippen LogP contribution < -0.4 is 11.3 Å². The predicted molar refractivity (Wildman–Crippen MR) is 49.8 cm³/mol. The van der Waals surface area contributed by atoms with Crippen LogP contribution in [0.2, 0.25) is 0 Å². The topological polar surface area (TPSA) is 92.4 Å². The van der Waals surface area contributed by atoms with Gasteiger partial charge in [0.05, 0.1) is 4.90 Å². The quantitative estimate of drug-likeness (QED) is 0.273. The molecule has 13 heavy (non-hydrogen) atoms. The Morgan fingerprint density at radius 1 is 1.23 bits per heavy atom. The fourth-order valence-corrected chi connectivity index (χ4v) is 1.20. The maximum Gasteiger partial charge on any atom is 0.294 e. The fourth-order valence-electron chi connectivity index (χ4n) is 0.723. The van der Waals surface area contributed by atoms with E-state index in [0.717, 1.165) is 0 Å². The molecule has 0 spiro atoms. The molecule has 0 saturated carbocycles. The minimum atomic E-state index is -4.10. The van der Waals surface area contributed by atoms with Gasteiger partial charge in [0, 0.05) is 35.2 Å². The summed E-state index contributed by atoms with van der Waals surface area (Å²) in [6.45, 7) is 0. The molecule has 0 bridgehead atoms. The van der Waals surface area contributed by atoms with Crippen molar-refractivity contribution in [3.63, 3.8) is 0 Å². The number of nitrogens with one attached hydrogen (secondary N) is 1. The van der Waals surface area contributed by atoms with Crippen molar-refractivity contribution in [2.75, 3.05) is 5.43 Å². The zero-order valence-electron chi connectivity index (χ0n) is 7.06. The second kappa shape index (κ2) is 4.94. The molecule has 7 heteroatoms. The van der Waals surface area contributed by atoms with Crippen molar-refractivity contribution in [2.24, 2.45) is 5.84 Å². The van der Waals surface area contributed by atoms with Crippen molar-refractivity contribution >= 4 is 45.4 Å². The Labute approximate surface area is 98.3 Å². The van der Waals surface area contributed by atoms with Crippen molar-refractivity contribution in [3.8, 4) is 0 Å². The number of anilines is 1. The van der Waals surface area contributed by atoms with Crippen LogP contribution in [0, 0.1) is 0 Å². The van der Waals surface area contributed by atoms with E-state index in [4.69, 9.17) is 10.4 Å². The Hall–Kier alpha value is -0.110. The monoisotopic (exact) mass is 211 g/mol. The van der Waals surface area contributed by atoms with Gasteiger partial charge in [-0.05, 0) is 24.3 Å². The Balaban J connectivity index is 0.00000144. The van der Waals surface area contributed by atoms with E-state index >= 15 is 0 Å². The van der Waals surface area contributed by atoms with Crippen LogP contribution in [0.25, 0.3) is 0 Å². The average Bonchev–Trinajstić information content (AvgIpc) is 2.03. The molecule has 0 heterocycles. The molecule has 5 nitrogen and oxygen atoms in total. The second-order valence-corrected chi connectivity index (χ2v) is 3.57. The largest absolute Gasteiger partial charge is 0.324 e. The van der Waals surface area contributed by atoms with Crippen molar-refractivity contribution in [1.29, 1.82) is 0 Å². The van der Waals surface area contributed by atoms with E-state index < -0.39 is 10.1 Å². The number of hydrogen-bond donors (Lipinski definition) is 3. The Morgan fingerprint density at radius 3 is 2.00 bits per heavy atom. The van der Waals surface area contributed by atoms with E-state index in [0.29, 0.717) is 5.69 Å². The van der Waals surface area contributed by atoms with Crippen LogP contribution in [0.15, 0.2) is 29.2 Å². The number of hydrogen-bond acceptors (Lipinski definition) is 4. The average molecular weight is 211 g/mol. The molecule has 0 unspecified atom stereocenters. The first kappa shape index (κ1) is 12.9. The molecule has 0 aliphatic carbocycles. The molecule has 0 fully saturated rings. The first-order valence-corrected chi connectivity index (χ1v) is 4.52. The second-order valence-electron chi connectivity index (χ2n) is 2.14. The van der Waals surface area contributed by atoms with E-state index in [1.165, 1.54) is 24.3 Å². The van der Waals surface area contributed by atoms with Crippen molar-refractivity contribution < 1.29 is 13.0 Å². The van der Waals surface area contributed by atoms with Crippen LogP contribution in [0.3, 0.4) is 0 Å².